The van der Waals surface area contributed by atoms with Gasteiger partial charge in [0.1, 0.15) is 5.82 Å². The van der Waals surface area contributed by atoms with Crippen molar-refractivity contribution in [3.8, 4) is 0 Å². The molecule has 1 aromatic carbocycles. The number of pyridine rings is 1. The molecule has 2 aromatic rings. The summed E-state index contributed by atoms with van der Waals surface area (Å²) in [5.41, 5.74) is 3.62. The largest absolute Gasteiger partial charge is 0.465 e. The first kappa shape index (κ1) is 15.0. The molecule has 0 aliphatic carbocycles. The molecule has 0 spiro atoms. The van der Waals surface area contributed by atoms with Gasteiger partial charge in [-0.05, 0) is 44.0 Å². The molecule has 21 heavy (non-hydrogen) atoms. The molecule has 0 fully saturated rings. The number of anilines is 1. The third-order valence-electron chi connectivity index (χ3n) is 3.51. The Kier molecular flexibility index (Phi) is 4.58. The van der Waals surface area contributed by atoms with E-state index in [-0.39, 0.29) is 12.0 Å². The van der Waals surface area contributed by atoms with E-state index in [1.807, 2.05) is 12.1 Å². The molecule has 0 saturated carbocycles. The number of hydrogen-bond donors (Lipinski definition) is 1. The number of hydrogen-bond acceptors (Lipinski definition) is 4. The fourth-order valence-electron chi connectivity index (χ4n) is 2.34. The molecule has 1 atom stereocenters. The first-order valence-electron chi connectivity index (χ1n) is 6.91. The Morgan fingerprint density at radius 2 is 1.90 bits per heavy atom. The van der Waals surface area contributed by atoms with Crippen LogP contribution in [0.2, 0.25) is 0 Å². The number of nitrogens with zero attached hydrogens (tertiary/aromatic N) is 1. The summed E-state index contributed by atoms with van der Waals surface area (Å²) in [6.45, 7) is 5.98. The number of aromatic nitrogens is 1. The maximum absolute atomic E-state index is 11.6. The third-order valence-corrected chi connectivity index (χ3v) is 3.51. The van der Waals surface area contributed by atoms with Crippen molar-refractivity contribution >= 4 is 11.8 Å². The topological polar surface area (TPSA) is 51.2 Å². The van der Waals surface area contributed by atoms with Gasteiger partial charge >= 0.3 is 5.97 Å². The normalized spacial score (nSPS) is 11.8. The second kappa shape index (κ2) is 6.39. The van der Waals surface area contributed by atoms with E-state index in [0.717, 1.165) is 5.82 Å². The smallest absolute Gasteiger partial charge is 0.339 e. The van der Waals surface area contributed by atoms with Crippen LogP contribution in [0.1, 0.15) is 40.1 Å². The zero-order valence-corrected chi connectivity index (χ0v) is 12.8. The van der Waals surface area contributed by atoms with Gasteiger partial charge in [0.2, 0.25) is 0 Å². The Hall–Kier alpha value is -2.36. The molecule has 0 aliphatic heterocycles. The Morgan fingerprint density at radius 1 is 1.19 bits per heavy atom. The van der Waals surface area contributed by atoms with E-state index in [2.05, 4.69) is 36.3 Å². The van der Waals surface area contributed by atoms with Crippen LogP contribution in [0, 0.1) is 13.8 Å². The molecule has 4 nitrogen and oxygen atoms in total. The van der Waals surface area contributed by atoms with Crippen LogP contribution in [0.15, 0.2) is 36.4 Å². The minimum Gasteiger partial charge on any atom is -0.465 e. The summed E-state index contributed by atoms with van der Waals surface area (Å²) in [4.78, 5) is 16.0. The maximum Gasteiger partial charge on any atom is 0.339 e. The van der Waals surface area contributed by atoms with Crippen molar-refractivity contribution in [2.45, 2.75) is 26.8 Å². The molecule has 0 radical (unpaired) electrons. The number of methoxy groups -OCH3 is 1. The van der Waals surface area contributed by atoms with Gasteiger partial charge in [-0.1, -0.05) is 24.3 Å². The van der Waals surface area contributed by atoms with Crippen molar-refractivity contribution in [3.63, 3.8) is 0 Å². The second-order valence-corrected chi connectivity index (χ2v) is 5.04. The number of ether oxygens (including phenoxy) is 1. The van der Waals surface area contributed by atoms with E-state index in [1.165, 1.54) is 18.2 Å². The van der Waals surface area contributed by atoms with Crippen molar-refractivity contribution in [2.24, 2.45) is 0 Å². The number of aryl methyl sites for hydroxylation is 2. The summed E-state index contributed by atoms with van der Waals surface area (Å²) >= 11 is 0. The summed E-state index contributed by atoms with van der Waals surface area (Å²) in [5.74, 6) is 0.384. The molecule has 1 N–H and O–H groups in total. The Labute approximate surface area is 125 Å². The van der Waals surface area contributed by atoms with Crippen LogP contribution >= 0.6 is 0 Å². The molecule has 1 heterocycles. The number of carbonyl (C=O) groups is 1. The van der Waals surface area contributed by atoms with Crippen LogP contribution in [0.5, 0.6) is 0 Å². The van der Waals surface area contributed by atoms with E-state index >= 15 is 0 Å². The fourth-order valence-corrected chi connectivity index (χ4v) is 2.34. The molecular weight excluding hydrogens is 264 g/mol. The zero-order chi connectivity index (χ0) is 15.4. The predicted octanol–water partition coefficient (Wildman–Crippen LogP) is 3.66. The first-order chi connectivity index (χ1) is 10.0. The third kappa shape index (κ3) is 3.40. The highest BCUT2D eigenvalue weighted by Crippen LogP contribution is 2.21. The lowest BCUT2D eigenvalue weighted by Crippen LogP contribution is -2.11. The van der Waals surface area contributed by atoms with Crippen LogP contribution in [-0.4, -0.2) is 18.1 Å². The van der Waals surface area contributed by atoms with E-state index in [1.54, 1.807) is 19.1 Å². The lowest BCUT2D eigenvalue weighted by molar-refractivity contribution is 0.0599. The highest BCUT2D eigenvalue weighted by atomic mass is 16.5. The van der Waals surface area contributed by atoms with Gasteiger partial charge in [-0.15, -0.1) is 0 Å². The van der Waals surface area contributed by atoms with Crippen molar-refractivity contribution in [2.75, 3.05) is 12.4 Å². The van der Waals surface area contributed by atoms with Crippen molar-refractivity contribution in [3.05, 3.63) is 58.8 Å². The number of carbonyl (C=O) groups excluding carboxylic acids is 1. The molecule has 110 valence electrons. The Bertz CT molecular complexity index is 653. The quantitative estimate of drug-likeness (QED) is 0.871. The van der Waals surface area contributed by atoms with E-state index < -0.39 is 0 Å². The van der Waals surface area contributed by atoms with Crippen molar-refractivity contribution in [1.82, 2.24) is 4.98 Å². The maximum atomic E-state index is 11.6. The molecule has 0 bridgehead atoms. The lowest BCUT2D eigenvalue weighted by atomic mass is 10.0. The van der Waals surface area contributed by atoms with Gasteiger partial charge in [0.15, 0.2) is 0 Å². The van der Waals surface area contributed by atoms with Crippen LogP contribution < -0.4 is 5.32 Å². The summed E-state index contributed by atoms with van der Waals surface area (Å²) < 4.78 is 4.72. The first-order valence-corrected chi connectivity index (χ1v) is 6.91. The van der Waals surface area contributed by atoms with Crippen LogP contribution in [-0.2, 0) is 4.74 Å². The van der Waals surface area contributed by atoms with Gasteiger partial charge in [-0.25, -0.2) is 9.78 Å². The van der Waals surface area contributed by atoms with Crippen LogP contribution in [0.3, 0.4) is 0 Å². The Morgan fingerprint density at radius 3 is 2.52 bits per heavy atom. The highest BCUT2D eigenvalue weighted by Gasteiger charge is 2.12. The number of esters is 1. The van der Waals surface area contributed by atoms with Crippen molar-refractivity contribution < 1.29 is 9.53 Å². The van der Waals surface area contributed by atoms with Crippen LogP contribution in [0.25, 0.3) is 0 Å². The molecular formula is C17H20N2O2. The van der Waals surface area contributed by atoms with E-state index in [4.69, 9.17) is 4.74 Å². The summed E-state index contributed by atoms with van der Waals surface area (Å²) in [7, 11) is 1.37. The number of benzene rings is 1. The molecule has 4 heteroatoms. The molecule has 0 saturated heterocycles. The predicted molar refractivity (Wildman–Crippen MR) is 83.5 cm³/mol. The van der Waals surface area contributed by atoms with Gasteiger partial charge in [-0.3, -0.25) is 0 Å². The van der Waals surface area contributed by atoms with Gasteiger partial charge in [0, 0.05) is 0 Å². The average Bonchev–Trinajstić information content (AvgIpc) is 2.47. The lowest BCUT2D eigenvalue weighted by Gasteiger charge is -2.17. The van der Waals surface area contributed by atoms with Gasteiger partial charge < -0.3 is 10.1 Å². The van der Waals surface area contributed by atoms with Crippen molar-refractivity contribution in [1.29, 1.82) is 0 Å². The zero-order valence-electron chi connectivity index (χ0n) is 12.8. The fraction of sp³-hybridized carbons (Fsp3) is 0.294. The molecule has 1 unspecified atom stereocenters. The summed E-state index contributed by atoms with van der Waals surface area (Å²) in [6, 6.07) is 11.9. The van der Waals surface area contributed by atoms with Crippen LogP contribution in [0.4, 0.5) is 5.82 Å². The number of rotatable bonds is 4. The minimum absolute atomic E-state index is 0.141. The molecule has 2 rings (SSSR count). The standard InChI is InChI=1S/C17H20N2O2/c1-11-7-5-6-8-14(11)12(2)18-16-10-9-15(13(3)19-16)17(20)21-4/h5-10,12H,1-4H3,(H,18,19). The molecule has 0 aliphatic rings. The monoisotopic (exact) mass is 284 g/mol. The number of nitrogens with one attached hydrogen (secondary N) is 1. The van der Waals surface area contributed by atoms with Gasteiger partial charge in [0.05, 0.1) is 24.4 Å². The SMILES string of the molecule is COC(=O)c1ccc(NC(C)c2ccccc2C)nc1C. The van der Waals surface area contributed by atoms with E-state index in [9.17, 15) is 4.79 Å². The minimum atomic E-state index is -0.362. The summed E-state index contributed by atoms with van der Waals surface area (Å²) in [5, 5.41) is 3.36. The molecule has 0 amide bonds. The Balaban J connectivity index is 2.19. The van der Waals surface area contributed by atoms with E-state index in [0.29, 0.717) is 11.3 Å². The average molecular weight is 284 g/mol. The molecule has 1 aromatic heterocycles. The highest BCUT2D eigenvalue weighted by molar-refractivity contribution is 5.90. The van der Waals surface area contributed by atoms with Gasteiger partial charge in [0.25, 0.3) is 0 Å². The second-order valence-electron chi connectivity index (χ2n) is 5.04. The van der Waals surface area contributed by atoms with Gasteiger partial charge in [-0.2, -0.15) is 0 Å². The summed E-state index contributed by atoms with van der Waals surface area (Å²) in [6.07, 6.45) is 0.